The Morgan fingerprint density at radius 2 is 1.92 bits per heavy atom. The fraction of sp³-hybridized carbons (Fsp3) is 0.179. The van der Waals surface area contributed by atoms with Crippen molar-refractivity contribution >= 4 is 46.3 Å². The van der Waals surface area contributed by atoms with E-state index >= 15 is 0 Å². The quantitative estimate of drug-likeness (QED) is 0.213. The van der Waals surface area contributed by atoms with Gasteiger partial charge in [0.25, 0.3) is 0 Å². The number of ether oxygens (including phenoxy) is 1. The van der Waals surface area contributed by atoms with E-state index in [1.54, 1.807) is 31.5 Å². The van der Waals surface area contributed by atoms with Crippen LogP contribution < -0.4 is 10.1 Å². The predicted octanol–water partition coefficient (Wildman–Crippen LogP) is 6.61. The summed E-state index contributed by atoms with van der Waals surface area (Å²) in [5, 5.41) is 3.93. The second-order valence-corrected chi connectivity index (χ2v) is 10.5. The summed E-state index contributed by atoms with van der Waals surface area (Å²) in [6.45, 7) is 4.13. The van der Waals surface area contributed by atoms with Gasteiger partial charge in [-0.05, 0) is 54.1 Å². The fourth-order valence-electron chi connectivity index (χ4n) is 4.22. The molecule has 0 aliphatic heterocycles. The van der Waals surface area contributed by atoms with Gasteiger partial charge in [0.05, 0.1) is 40.8 Å². The first kappa shape index (κ1) is 25.8. The van der Waals surface area contributed by atoms with E-state index in [1.807, 2.05) is 41.0 Å². The van der Waals surface area contributed by atoms with Crippen LogP contribution in [0.4, 0.5) is 10.3 Å². The first-order valence-electron chi connectivity index (χ1n) is 11.8. The van der Waals surface area contributed by atoms with Crippen molar-refractivity contribution in [2.24, 2.45) is 0 Å². The van der Waals surface area contributed by atoms with Gasteiger partial charge in [0.2, 0.25) is 11.9 Å². The van der Waals surface area contributed by atoms with E-state index in [2.05, 4.69) is 34.1 Å². The van der Waals surface area contributed by atoms with Crippen LogP contribution in [0.3, 0.4) is 0 Å². The smallest absolute Gasteiger partial charge is 0.237 e. The van der Waals surface area contributed by atoms with Crippen molar-refractivity contribution in [1.82, 2.24) is 19.5 Å². The first-order valence-corrected chi connectivity index (χ1v) is 13.2. The number of amides is 1. The highest BCUT2D eigenvalue weighted by Gasteiger charge is 2.30. The Morgan fingerprint density at radius 3 is 2.66 bits per heavy atom. The van der Waals surface area contributed by atoms with Gasteiger partial charge in [-0.3, -0.25) is 14.7 Å². The number of anilines is 1. The van der Waals surface area contributed by atoms with Crippen molar-refractivity contribution in [1.29, 1.82) is 0 Å². The number of benzene rings is 3. The highest BCUT2D eigenvalue weighted by molar-refractivity contribution is 7.99. The Bertz CT molecular complexity index is 1580. The summed E-state index contributed by atoms with van der Waals surface area (Å²) in [4.78, 5) is 24.9. The van der Waals surface area contributed by atoms with Crippen LogP contribution in [0, 0.1) is 5.82 Å². The lowest BCUT2D eigenvalue weighted by molar-refractivity contribution is -0.113. The molecular formula is C28H25ClFN5O2S. The van der Waals surface area contributed by atoms with Gasteiger partial charge in [-0.1, -0.05) is 55.4 Å². The molecule has 2 N–H and O–H groups in total. The summed E-state index contributed by atoms with van der Waals surface area (Å²) in [5.74, 6) is 0.491. The van der Waals surface area contributed by atoms with Gasteiger partial charge in [0, 0.05) is 11.1 Å². The minimum absolute atomic E-state index is 0.101. The molecule has 3 aromatic carbocycles. The van der Waals surface area contributed by atoms with Crippen molar-refractivity contribution < 1.29 is 13.9 Å². The number of carbonyl (C=O) groups is 1. The van der Waals surface area contributed by atoms with Gasteiger partial charge in [-0.2, -0.15) is 0 Å². The predicted molar refractivity (Wildman–Crippen MR) is 149 cm³/mol. The van der Waals surface area contributed by atoms with E-state index < -0.39 is 5.41 Å². The number of halogens is 2. The highest BCUT2D eigenvalue weighted by atomic mass is 35.5. The number of thioether (sulfide) groups is 1. The third kappa shape index (κ3) is 5.12. The molecule has 5 aromatic rings. The van der Waals surface area contributed by atoms with Crippen LogP contribution in [0.25, 0.3) is 16.7 Å². The Labute approximate surface area is 228 Å². The second-order valence-electron chi connectivity index (χ2n) is 9.15. The lowest BCUT2D eigenvalue weighted by Gasteiger charge is -2.28. The van der Waals surface area contributed by atoms with Crippen LogP contribution in [0.1, 0.15) is 25.1 Å². The first-order chi connectivity index (χ1) is 18.3. The molecular weight excluding hydrogens is 525 g/mol. The van der Waals surface area contributed by atoms with E-state index in [0.29, 0.717) is 21.9 Å². The molecule has 0 bridgehead atoms. The number of nitrogens with one attached hydrogen (secondary N) is 2. The molecule has 10 heteroatoms. The molecule has 38 heavy (non-hydrogen) atoms. The summed E-state index contributed by atoms with van der Waals surface area (Å²) in [5.41, 5.74) is 3.62. The maximum atomic E-state index is 13.8. The normalized spacial score (nSPS) is 11.6. The lowest BCUT2D eigenvalue weighted by Crippen LogP contribution is -2.23. The van der Waals surface area contributed by atoms with Gasteiger partial charge in [-0.25, -0.2) is 14.4 Å². The average Bonchev–Trinajstić information content (AvgIpc) is 3.52. The van der Waals surface area contributed by atoms with Crippen molar-refractivity contribution in [3.8, 4) is 11.4 Å². The number of hydrogen-bond donors (Lipinski definition) is 2. The van der Waals surface area contributed by atoms with Crippen molar-refractivity contribution in [2.75, 3.05) is 18.2 Å². The van der Waals surface area contributed by atoms with Crippen LogP contribution in [-0.2, 0) is 10.2 Å². The number of aromatic nitrogens is 4. The highest BCUT2D eigenvalue weighted by Crippen LogP contribution is 2.38. The molecule has 0 fully saturated rings. The van der Waals surface area contributed by atoms with Crippen molar-refractivity contribution in [3.63, 3.8) is 0 Å². The number of rotatable bonds is 8. The molecule has 0 spiro atoms. The van der Waals surface area contributed by atoms with E-state index in [-0.39, 0.29) is 17.5 Å². The second kappa shape index (κ2) is 10.5. The maximum absolute atomic E-state index is 13.8. The van der Waals surface area contributed by atoms with Gasteiger partial charge < -0.3 is 9.72 Å². The molecule has 2 heterocycles. The Kier molecular flexibility index (Phi) is 7.14. The SMILES string of the molecule is COc1cc(C(C)(C)c2cnc(SCC(=O)Nc3nc4ccccc4[nH]3)n2-c2ccc(F)cc2)ccc1Cl. The van der Waals surface area contributed by atoms with Gasteiger partial charge in [0.1, 0.15) is 11.6 Å². The third-order valence-corrected chi connectivity index (χ3v) is 7.57. The third-order valence-electron chi connectivity index (χ3n) is 6.31. The Morgan fingerprint density at radius 1 is 1.16 bits per heavy atom. The van der Waals surface area contributed by atoms with E-state index in [0.717, 1.165) is 28.0 Å². The number of para-hydroxylation sites is 2. The molecule has 0 aliphatic carbocycles. The monoisotopic (exact) mass is 549 g/mol. The van der Waals surface area contributed by atoms with Crippen LogP contribution in [0.2, 0.25) is 5.02 Å². The number of carbonyl (C=O) groups excluding carboxylic acids is 1. The fourth-order valence-corrected chi connectivity index (χ4v) is 5.21. The number of nitrogens with zero attached hydrogens (tertiary/aromatic N) is 3. The zero-order chi connectivity index (χ0) is 26.9. The topological polar surface area (TPSA) is 84.8 Å². The van der Waals surface area contributed by atoms with Gasteiger partial charge in [0.15, 0.2) is 5.16 Å². The standard InChI is InChI=1S/C28H25ClFN5O2S/c1-28(2,17-8-13-20(29)23(14-17)37-3)24-15-31-27(35(24)19-11-9-18(30)10-12-19)38-16-25(36)34-26-32-21-6-4-5-7-22(21)33-26/h4-15H,16H2,1-3H3,(H2,32,33,34,36). The summed E-state index contributed by atoms with van der Waals surface area (Å²) < 4.78 is 21.1. The van der Waals surface area contributed by atoms with Crippen LogP contribution in [-0.4, -0.2) is 38.3 Å². The summed E-state index contributed by atoms with van der Waals surface area (Å²) in [6.07, 6.45) is 1.78. The lowest BCUT2D eigenvalue weighted by atomic mass is 9.81. The molecule has 0 saturated carbocycles. The van der Waals surface area contributed by atoms with Gasteiger partial charge >= 0.3 is 0 Å². The number of H-pyrrole nitrogens is 1. The van der Waals surface area contributed by atoms with E-state index in [4.69, 9.17) is 16.3 Å². The zero-order valence-corrected chi connectivity index (χ0v) is 22.5. The van der Waals surface area contributed by atoms with Crippen LogP contribution >= 0.6 is 23.4 Å². The minimum atomic E-state index is -0.533. The molecule has 0 atom stereocenters. The molecule has 194 valence electrons. The summed E-state index contributed by atoms with van der Waals surface area (Å²) in [7, 11) is 1.58. The van der Waals surface area contributed by atoms with Crippen LogP contribution in [0.5, 0.6) is 5.75 Å². The van der Waals surface area contributed by atoms with E-state index in [1.165, 1.54) is 23.9 Å². The molecule has 2 aromatic heterocycles. The molecule has 0 unspecified atom stereocenters. The Balaban J connectivity index is 1.44. The zero-order valence-electron chi connectivity index (χ0n) is 21.0. The molecule has 1 amide bonds. The number of aromatic amines is 1. The van der Waals surface area contributed by atoms with Crippen molar-refractivity contribution in [2.45, 2.75) is 24.4 Å². The Hall–Kier alpha value is -3.82. The maximum Gasteiger partial charge on any atom is 0.237 e. The number of methoxy groups -OCH3 is 1. The molecule has 7 nitrogen and oxygen atoms in total. The van der Waals surface area contributed by atoms with Crippen molar-refractivity contribution in [3.05, 3.63) is 95.0 Å². The minimum Gasteiger partial charge on any atom is -0.495 e. The van der Waals surface area contributed by atoms with Gasteiger partial charge in [-0.15, -0.1) is 0 Å². The number of hydrogen-bond acceptors (Lipinski definition) is 5. The van der Waals surface area contributed by atoms with Crippen LogP contribution in [0.15, 0.2) is 78.1 Å². The molecule has 0 saturated heterocycles. The summed E-state index contributed by atoms with van der Waals surface area (Å²) >= 11 is 7.55. The molecule has 5 rings (SSSR count). The molecule has 0 aliphatic rings. The van der Waals surface area contributed by atoms with E-state index in [9.17, 15) is 9.18 Å². The summed E-state index contributed by atoms with van der Waals surface area (Å²) in [6, 6.07) is 19.4. The number of imidazole rings is 2. The average molecular weight is 550 g/mol. The molecule has 0 radical (unpaired) electrons. The largest absolute Gasteiger partial charge is 0.495 e. The number of fused-ring (bicyclic) bond motifs is 1.